The summed E-state index contributed by atoms with van der Waals surface area (Å²) in [6.45, 7) is 5.26. The molecule has 1 aromatic heterocycles. The molecular formula is C27H24BCl2FN6O4. The van der Waals surface area contributed by atoms with Crippen LogP contribution < -0.4 is 21.1 Å². The van der Waals surface area contributed by atoms with Gasteiger partial charge in [0.2, 0.25) is 0 Å². The van der Waals surface area contributed by atoms with Crippen LogP contribution in [0.25, 0.3) is 0 Å². The van der Waals surface area contributed by atoms with Gasteiger partial charge in [-0.2, -0.15) is 0 Å². The molecule has 0 spiro atoms. The predicted molar refractivity (Wildman–Crippen MR) is 153 cm³/mol. The average molecular weight is 597 g/mol. The molecule has 1 aliphatic heterocycles. The van der Waals surface area contributed by atoms with Crippen molar-refractivity contribution in [3.8, 4) is 17.8 Å². The Hall–Kier alpha value is -4.05. The molecule has 0 unspecified atom stereocenters. The number of nitrogen functional groups attached to an aromatic ring is 1. The van der Waals surface area contributed by atoms with E-state index in [1.807, 2.05) is 13.8 Å². The highest BCUT2D eigenvalue weighted by molar-refractivity contribution is 6.36. The summed E-state index contributed by atoms with van der Waals surface area (Å²) in [7, 11) is 5.00. The summed E-state index contributed by atoms with van der Waals surface area (Å²) in [6, 6.07) is 10.4. The number of piperazine rings is 1. The molecule has 1 fully saturated rings. The van der Waals surface area contributed by atoms with Crippen molar-refractivity contribution in [1.29, 1.82) is 0 Å². The van der Waals surface area contributed by atoms with Crippen molar-refractivity contribution in [3.63, 3.8) is 0 Å². The number of anilines is 2. The van der Waals surface area contributed by atoms with Crippen molar-refractivity contribution in [2.75, 3.05) is 24.1 Å². The van der Waals surface area contributed by atoms with E-state index in [1.54, 1.807) is 29.2 Å². The van der Waals surface area contributed by atoms with Crippen LogP contribution in [0.3, 0.4) is 0 Å². The van der Waals surface area contributed by atoms with Crippen LogP contribution in [0.15, 0.2) is 42.5 Å². The topological polar surface area (TPSA) is 132 Å². The minimum atomic E-state index is -1.30. The molecule has 2 radical (unpaired) electrons. The zero-order valence-corrected chi connectivity index (χ0v) is 23.5. The maximum absolute atomic E-state index is 14.2. The molecule has 4 N–H and O–H groups in total. The summed E-state index contributed by atoms with van der Waals surface area (Å²) >= 11 is 12.3. The van der Waals surface area contributed by atoms with Crippen LogP contribution in [0, 0.1) is 17.8 Å². The fraction of sp³-hybridized carbons (Fsp3) is 0.259. The quantitative estimate of drug-likeness (QED) is 0.223. The lowest BCUT2D eigenvalue weighted by molar-refractivity contribution is 0.0673. The number of aromatic nitrogens is 2. The molecule has 41 heavy (non-hydrogen) atoms. The first-order valence-corrected chi connectivity index (χ1v) is 13.1. The SMILES string of the molecule is [B]OC#C[C@@H](Oc1cc(C(=O)Nc2ccc(C(=O)N3C[C@@H](C)N[C@@H](C)C3)cc2)nnc1N)c1c(Cl)ccc(F)c1Cl. The first-order valence-electron chi connectivity index (χ1n) is 12.3. The molecule has 210 valence electrons. The van der Waals surface area contributed by atoms with Gasteiger partial charge in [-0.25, -0.2) is 4.39 Å². The van der Waals surface area contributed by atoms with E-state index >= 15 is 0 Å². The normalized spacial score (nSPS) is 17.1. The number of benzene rings is 2. The van der Waals surface area contributed by atoms with E-state index in [9.17, 15) is 14.0 Å². The van der Waals surface area contributed by atoms with Crippen LogP contribution in [-0.4, -0.2) is 60.1 Å². The highest BCUT2D eigenvalue weighted by Crippen LogP contribution is 2.36. The summed E-state index contributed by atoms with van der Waals surface area (Å²) in [6.07, 6.45) is 0.842. The predicted octanol–water partition coefficient (Wildman–Crippen LogP) is 3.76. The van der Waals surface area contributed by atoms with Gasteiger partial charge in [-0.3, -0.25) is 9.59 Å². The van der Waals surface area contributed by atoms with Gasteiger partial charge in [0.15, 0.2) is 23.4 Å². The van der Waals surface area contributed by atoms with Crippen LogP contribution >= 0.6 is 23.2 Å². The molecular weight excluding hydrogens is 573 g/mol. The molecule has 2 aromatic carbocycles. The molecule has 2 amide bonds. The van der Waals surface area contributed by atoms with Gasteiger partial charge in [0.1, 0.15) is 5.82 Å². The van der Waals surface area contributed by atoms with Crippen molar-refractivity contribution in [2.24, 2.45) is 0 Å². The van der Waals surface area contributed by atoms with E-state index in [1.165, 1.54) is 12.1 Å². The van der Waals surface area contributed by atoms with Gasteiger partial charge in [0.25, 0.3) is 11.8 Å². The van der Waals surface area contributed by atoms with Crippen LogP contribution in [-0.2, 0) is 4.65 Å². The summed E-state index contributed by atoms with van der Waals surface area (Å²) in [5.74, 6) is 0.712. The van der Waals surface area contributed by atoms with Gasteiger partial charge >= 0.3 is 8.05 Å². The van der Waals surface area contributed by atoms with Crippen LogP contribution in [0.1, 0.15) is 46.4 Å². The lowest BCUT2D eigenvalue weighted by atomic mass is 10.1. The molecule has 10 nitrogen and oxygen atoms in total. The molecule has 1 saturated heterocycles. The molecule has 2 heterocycles. The van der Waals surface area contributed by atoms with Gasteiger partial charge in [0.05, 0.1) is 16.2 Å². The number of rotatable bonds is 6. The minimum Gasteiger partial charge on any atom is -0.527 e. The van der Waals surface area contributed by atoms with Gasteiger partial charge in [0, 0.05) is 48.1 Å². The molecule has 0 aliphatic carbocycles. The number of nitrogens with zero attached hydrogens (tertiary/aromatic N) is 3. The van der Waals surface area contributed by atoms with Gasteiger partial charge in [-0.05, 0) is 56.2 Å². The van der Waals surface area contributed by atoms with Crippen molar-refractivity contribution >= 4 is 54.6 Å². The molecule has 14 heteroatoms. The Bertz CT molecular complexity index is 1510. The molecule has 4 rings (SSSR count). The maximum atomic E-state index is 14.2. The van der Waals surface area contributed by atoms with Crippen LogP contribution in [0.4, 0.5) is 15.9 Å². The number of hydrogen-bond donors (Lipinski definition) is 3. The highest BCUT2D eigenvalue weighted by Gasteiger charge is 2.26. The molecule has 3 aromatic rings. The van der Waals surface area contributed by atoms with Crippen molar-refractivity contribution < 1.29 is 23.4 Å². The largest absolute Gasteiger partial charge is 0.527 e. The second kappa shape index (κ2) is 13.1. The van der Waals surface area contributed by atoms with Gasteiger partial charge in [-0.1, -0.05) is 23.2 Å². The number of hydrogen-bond acceptors (Lipinski definition) is 8. The smallest absolute Gasteiger partial charge is 0.392 e. The number of amides is 2. The standard InChI is InChI=1S/C27H24BCl2FN6O4/c1-14-12-37(13-15(2)33-14)27(39)16-3-5-17(6-4-16)34-26(38)20-11-22(25(32)36-35-20)41-21(9-10-40-28)23-18(29)7-8-19(31)24(23)30/h3-8,11,14-15,21,33H,12-13H2,1-2H3,(H2,32,36)(H,34,38)/t14-,15+,21-/m1/s1. The third-order valence-electron chi connectivity index (χ3n) is 6.09. The average Bonchev–Trinajstić information content (AvgIpc) is 2.94. The number of nitrogens with one attached hydrogen (secondary N) is 2. The molecule has 0 saturated carbocycles. The number of nitrogens with two attached hydrogens (primary N) is 1. The monoisotopic (exact) mass is 596 g/mol. The lowest BCUT2D eigenvalue weighted by Gasteiger charge is -2.36. The Kier molecular flexibility index (Phi) is 9.55. The summed E-state index contributed by atoms with van der Waals surface area (Å²) in [5.41, 5.74) is 6.65. The summed E-state index contributed by atoms with van der Waals surface area (Å²) in [4.78, 5) is 27.7. The number of carbonyl (C=O) groups excluding carboxylic acids is 2. The summed E-state index contributed by atoms with van der Waals surface area (Å²) < 4.78 is 24.3. The number of halogens is 3. The van der Waals surface area contributed by atoms with Crippen LogP contribution in [0.5, 0.6) is 5.75 Å². The zero-order chi connectivity index (χ0) is 29.7. The van der Waals surface area contributed by atoms with Crippen LogP contribution in [0.2, 0.25) is 10.0 Å². The van der Waals surface area contributed by atoms with Crippen molar-refractivity contribution in [3.05, 3.63) is 75.1 Å². The van der Waals surface area contributed by atoms with E-state index < -0.39 is 17.8 Å². The van der Waals surface area contributed by atoms with Crippen molar-refractivity contribution in [1.82, 2.24) is 20.4 Å². The second-order valence-corrected chi connectivity index (χ2v) is 10.1. The molecule has 0 bridgehead atoms. The Balaban J connectivity index is 1.51. The van der Waals surface area contributed by atoms with E-state index in [0.717, 1.165) is 6.07 Å². The van der Waals surface area contributed by atoms with Crippen molar-refractivity contribution in [2.45, 2.75) is 32.0 Å². The van der Waals surface area contributed by atoms with E-state index in [2.05, 4.69) is 37.5 Å². The van der Waals surface area contributed by atoms with Gasteiger partial charge < -0.3 is 30.7 Å². The van der Waals surface area contributed by atoms with Gasteiger partial charge in [-0.15, -0.1) is 10.2 Å². The number of ether oxygens (including phenoxy) is 1. The Morgan fingerprint density at radius 1 is 1.17 bits per heavy atom. The third kappa shape index (κ3) is 7.19. The van der Waals surface area contributed by atoms with E-state index in [0.29, 0.717) is 24.3 Å². The maximum Gasteiger partial charge on any atom is 0.392 e. The Morgan fingerprint density at radius 3 is 2.51 bits per heavy atom. The fourth-order valence-electron chi connectivity index (χ4n) is 4.31. The zero-order valence-electron chi connectivity index (χ0n) is 22.0. The minimum absolute atomic E-state index is 0.0144. The van der Waals surface area contributed by atoms with E-state index in [-0.39, 0.29) is 50.9 Å². The lowest BCUT2D eigenvalue weighted by Crippen LogP contribution is -2.55. The Labute approximate surface area is 247 Å². The number of carbonyl (C=O) groups is 2. The van der Waals surface area contributed by atoms with E-state index in [4.69, 9.17) is 41.7 Å². The molecule has 3 atom stereocenters. The highest BCUT2D eigenvalue weighted by atomic mass is 35.5. The third-order valence-corrected chi connectivity index (χ3v) is 6.80. The second-order valence-electron chi connectivity index (χ2n) is 9.31. The Morgan fingerprint density at radius 2 is 1.85 bits per heavy atom. The first-order chi connectivity index (χ1) is 19.6. The molecule has 1 aliphatic rings. The first kappa shape index (κ1) is 29.9. The fourth-order valence-corrected chi connectivity index (χ4v) is 4.88. The summed E-state index contributed by atoms with van der Waals surface area (Å²) in [5, 5.41) is 13.4.